The van der Waals surface area contributed by atoms with Crippen LogP contribution < -0.4 is 15.6 Å². The number of nitriles is 1. The van der Waals surface area contributed by atoms with Gasteiger partial charge in [-0.1, -0.05) is 96.2 Å². The molecule has 0 N–H and O–H groups in total. The van der Waals surface area contributed by atoms with Gasteiger partial charge in [0, 0.05) is 0 Å². The summed E-state index contributed by atoms with van der Waals surface area (Å²) in [5.41, 5.74) is 0. The first-order valence-corrected chi connectivity index (χ1v) is 9.55. The number of rotatable bonds is 5. The van der Waals surface area contributed by atoms with Gasteiger partial charge in [-0.3, -0.25) is 0 Å². The van der Waals surface area contributed by atoms with E-state index in [0.717, 1.165) is 21.8 Å². The topological polar surface area (TPSA) is 45.4 Å². The number of hydrogen-bond donors (Lipinski definition) is 0. The fraction of sp³-hybridized carbons (Fsp3) is 0. The summed E-state index contributed by atoms with van der Waals surface area (Å²) in [7, 11) is -2.81. The molecule has 0 saturated carbocycles. The highest BCUT2D eigenvalue weighted by molar-refractivity contribution is 7.07. The van der Waals surface area contributed by atoms with Crippen LogP contribution in [0.1, 0.15) is 0 Å². The standard InChI is InChI=1S/C20H16N2OSi/c21-16-17-22-23-24(18-10-4-1-5-11-18,19-12-6-2-7-13-19)20-14-8-3-9-15-20/h1-15,17H. The van der Waals surface area contributed by atoms with Crippen molar-refractivity contribution < 1.29 is 4.53 Å². The van der Waals surface area contributed by atoms with Crippen LogP contribution >= 0.6 is 0 Å². The maximum absolute atomic E-state index is 8.81. The maximum Gasteiger partial charge on any atom is 0.380 e. The van der Waals surface area contributed by atoms with Gasteiger partial charge in [-0.2, -0.15) is 5.26 Å². The van der Waals surface area contributed by atoms with Gasteiger partial charge >= 0.3 is 8.32 Å². The first-order valence-electron chi connectivity index (χ1n) is 7.64. The average Bonchev–Trinajstić information content (AvgIpc) is 2.68. The third-order valence-corrected chi connectivity index (χ3v) is 7.66. The van der Waals surface area contributed by atoms with Crippen LogP contribution in [0.25, 0.3) is 0 Å². The van der Waals surface area contributed by atoms with Gasteiger partial charge in [-0.25, -0.2) is 0 Å². The Kier molecular flexibility index (Phi) is 4.85. The lowest BCUT2D eigenvalue weighted by Crippen LogP contribution is -2.68. The normalized spacial score (nSPS) is 11.1. The summed E-state index contributed by atoms with van der Waals surface area (Å²) in [6.07, 6.45) is 1.14. The number of nitrogens with zero attached hydrogens (tertiary/aromatic N) is 2. The third-order valence-electron chi connectivity index (χ3n) is 3.84. The SMILES string of the molecule is N#CC=NO[Si](c1ccccc1)(c1ccccc1)c1ccccc1. The molecule has 0 saturated heterocycles. The molecule has 0 aliphatic rings. The first-order chi connectivity index (χ1) is 11.9. The molecule has 0 unspecified atom stereocenters. The minimum Gasteiger partial charge on any atom is -0.437 e. The number of hydrogen-bond acceptors (Lipinski definition) is 3. The van der Waals surface area contributed by atoms with Crippen molar-refractivity contribution in [1.82, 2.24) is 0 Å². The van der Waals surface area contributed by atoms with Crippen LogP contribution in [0.4, 0.5) is 0 Å². The van der Waals surface area contributed by atoms with Crippen molar-refractivity contribution in [3.05, 3.63) is 91.0 Å². The Bertz CT molecular complexity index is 746. The molecule has 0 fully saturated rings. The van der Waals surface area contributed by atoms with Crippen LogP contribution in [0.5, 0.6) is 0 Å². The second kappa shape index (κ2) is 7.40. The van der Waals surface area contributed by atoms with Crippen molar-refractivity contribution in [2.24, 2.45) is 5.16 Å². The Morgan fingerprint density at radius 1 is 0.708 bits per heavy atom. The molecular formula is C20H16N2OSi. The van der Waals surface area contributed by atoms with Gasteiger partial charge in [0.05, 0.1) is 0 Å². The fourth-order valence-electron chi connectivity index (χ4n) is 2.81. The number of oxime groups is 1. The van der Waals surface area contributed by atoms with E-state index in [0.29, 0.717) is 0 Å². The van der Waals surface area contributed by atoms with Crippen molar-refractivity contribution in [3.63, 3.8) is 0 Å². The molecule has 3 aromatic rings. The molecule has 3 rings (SSSR count). The van der Waals surface area contributed by atoms with E-state index in [1.807, 2.05) is 60.7 Å². The average molecular weight is 328 g/mol. The van der Waals surface area contributed by atoms with Crippen molar-refractivity contribution in [2.45, 2.75) is 0 Å². The van der Waals surface area contributed by atoms with Gasteiger partial charge in [-0.15, -0.1) is 0 Å². The van der Waals surface area contributed by atoms with Gasteiger partial charge in [0.15, 0.2) is 0 Å². The van der Waals surface area contributed by atoms with Crippen LogP contribution in [-0.2, 0) is 4.53 Å². The first kappa shape index (κ1) is 15.7. The fourth-order valence-corrected chi connectivity index (χ4v) is 6.32. The Morgan fingerprint density at radius 2 is 1.08 bits per heavy atom. The Morgan fingerprint density at radius 3 is 1.42 bits per heavy atom. The van der Waals surface area contributed by atoms with Crippen LogP contribution in [-0.4, -0.2) is 14.5 Å². The molecule has 0 amide bonds. The molecule has 0 bridgehead atoms. The molecule has 0 spiro atoms. The summed E-state index contributed by atoms with van der Waals surface area (Å²) in [5, 5.41) is 16.0. The predicted molar refractivity (Wildman–Crippen MR) is 99.2 cm³/mol. The third kappa shape index (κ3) is 2.98. The molecule has 0 radical (unpaired) electrons. The molecule has 4 heteroatoms. The van der Waals surface area contributed by atoms with Crippen molar-refractivity contribution in [3.8, 4) is 6.07 Å². The molecule has 0 aliphatic heterocycles. The molecule has 0 aromatic heterocycles. The minimum absolute atomic E-state index is 1.08. The summed E-state index contributed by atoms with van der Waals surface area (Å²) in [6.45, 7) is 0. The van der Waals surface area contributed by atoms with E-state index in [4.69, 9.17) is 9.79 Å². The van der Waals surface area contributed by atoms with E-state index in [1.165, 1.54) is 0 Å². The van der Waals surface area contributed by atoms with Crippen molar-refractivity contribution >= 4 is 30.1 Å². The zero-order chi connectivity index (χ0) is 16.7. The molecule has 3 aromatic carbocycles. The maximum atomic E-state index is 8.81. The zero-order valence-electron chi connectivity index (χ0n) is 13.0. The van der Waals surface area contributed by atoms with Gasteiger partial charge in [-0.05, 0) is 15.6 Å². The molecule has 0 aliphatic carbocycles. The summed E-state index contributed by atoms with van der Waals surface area (Å²) >= 11 is 0. The van der Waals surface area contributed by atoms with Crippen molar-refractivity contribution in [1.29, 1.82) is 5.26 Å². The summed E-state index contributed by atoms with van der Waals surface area (Å²) in [5.74, 6) is 0. The zero-order valence-corrected chi connectivity index (χ0v) is 14.0. The molecule has 24 heavy (non-hydrogen) atoms. The van der Waals surface area contributed by atoms with Gasteiger partial charge in [0.2, 0.25) is 0 Å². The van der Waals surface area contributed by atoms with Gasteiger partial charge in [0.25, 0.3) is 0 Å². The van der Waals surface area contributed by atoms with E-state index in [9.17, 15) is 0 Å². The van der Waals surface area contributed by atoms with Crippen LogP contribution in [0.3, 0.4) is 0 Å². The minimum atomic E-state index is -2.81. The Balaban J connectivity index is 2.28. The van der Waals surface area contributed by atoms with Gasteiger partial charge in [0.1, 0.15) is 12.3 Å². The van der Waals surface area contributed by atoms with Gasteiger partial charge < -0.3 is 4.53 Å². The summed E-state index contributed by atoms with van der Waals surface area (Å²) in [6, 6.07) is 32.2. The smallest absolute Gasteiger partial charge is 0.380 e. The van der Waals surface area contributed by atoms with E-state index < -0.39 is 8.32 Å². The highest BCUT2D eigenvalue weighted by Crippen LogP contribution is 2.09. The highest BCUT2D eigenvalue weighted by atomic mass is 28.4. The van der Waals surface area contributed by atoms with E-state index in [1.54, 1.807) is 0 Å². The Hall–Kier alpha value is -3.16. The second-order valence-corrected chi connectivity index (χ2v) is 8.51. The predicted octanol–water partition coefficient (Wildman–Crippen LogP) is 2.18. The molecule has 0 atom stereocenters. The van der Waals surface area contributed by atoms with Crippen LogP contribution in [0.15, 0.2) is 96.2 Å². The monoisotopic (exact) mass is 328 g/mol. The lowest BCUT2D eigenvalue weighted by molar-refractivity contribution is 0.352. The van der Waals surface area contributed by atoms with E-state index in [2.05, 4.69) is 41.6 Å². The van der Waals surface area contributed by atoms with Crippen LogP contribution in [0, 0.1) is 11.3 Å². The second-order valence-electron chi connectivity index (χ2n) is 5.23. The lowest BCUT2D eigenvalue weighted by Gasteiger charge is -2.29. The van der Waals surface area contributed by atoms with E-state index in [-0.39, 0.29) is 0 Å². The molecule has 3 nitrogen and oxygen atoms in total. The van der Waals surface area contributed by atoms with Crippen LogP contribution in [0.2, 0.25) is 0 Å². The van der Waals surface area contributed by atoms with E-state index >= 15 is 0 Å². The molecular weight excluding hydrogens is 312 g/mol. The summed E-state index contributed by atoms with van der Waals surface area (Å²) in [4.78, 5) is 0. The molecule has 116 valence electrons. The summed E-state index contributed by atoms with van der Waals surface area (Å²) < 4.78 is 6.11. The number of benzene rings is 3. The highest BCUT2D eigenvalue weighted by Gasteiger charge is 2.44. The largest absolute Gasteiger partial charge is 0.437 e. The molecule has 0 heterocycles. The lowest BCUT2D eigenvalue weighted by atomic mass is 10.3. The quantitative estimate of drug-likeness (QED) is 0.312. The van der Waals surface area contributed by atoms with Crippen molar-refractivity contribution in [2.75, 3.05) is 0 Å². The Labute approximate surface area is 142 Å².